The van der Waals surface area contributed by atoms with Crippen LogP contribution in [-0.4, -0.2) is 30.3 Å². The quantitative estimate of drug-likeness (QED) is 0.646. The molecule has 0 bridgehead atoms. The largest absolute Gasteiger partial charge is 0.338 e. The van der Waals surface area contributed by atoms with E-state index in [-0.39, 0.29) is 0 Å². The van der Waals surface area contributed by atoms with Gasteiger partial charge in [0.1, 0.15) is 0 Å². The summed E-state index contributed by atoms with van der Waals surface area (Å²) in [5.41, 5.74) is 2.09. The van der Waals surface area contributed by atoms with Gasteiger partial charge in [0.25, 0.3) is 0 Å². The van der Waals surface area contributed by atoms with Crippen LogP contribution in [0.2, 0.25) is 0 Å². The molecule has 114 valence electrons. The average molecular weight is 316 g/mol. The lowest BCUT2D eigenvalue weighted by Crippen LogP contribution is -1.99. The Kier molecular flexibility index (Phi) is 4.47. The van der Waals surface area contributed by atoms with Crippen molar-refractivity contribution in [2.45, 2.75) is 37.6 Å². The first kappa shape index (κ1) is 14.7. The van der Waals surface area contributed by atoms with Crippen LogP contribution in [0.15, 0.2) is 33.9 Å². The Morgan fingerprint density at radius 3 is 3.05 bits per heavy atom. The number of aryl methyl sites for hydroxylation is 2. The number of benzene rings is 1. The van der Waals surface area contributed by atoms with Gasteiger partial charge < -0.3 is 4.52 Å². The van der Waals surface area contributed by atoms with E-state index in [2.05, 4.69) is 32.6 Å². The number of hydrogen-bond acceptors (Lipinski definition) is 7. The molecule has 0 aliphatic carbocycles. The molecule has 0 saturated heterocycles. The first-order valence-corrected chi connectivity index (χ1v) is 8.04. The average Bonchev–Trinajstić information content (AvgIpc) is 3.14. The van der Waals surface area contributed by atoms with Crippen molar-refractivity contribution in [2.75, 3.05) is 0 Å². The van der Waals surface area contributed by atoms with Crippen LogP contribution in [0.1, 0.15) is 30.6 Å². The molecule has 0 radical (unpaired) electrons. The second-order valence-electron chi connectivity index (χ2n) is 4.86. The molecule has 7 nitrogen and oxygen atoms in total. The van der Waals surface area contributed by atoms with Crippen molar-refractivity contribution in [3.63, 3.8) is 0 Å². The summed E-state index contributed by atoms with van der Waals surface area (Å²) < 4.78 is 6.93. The van der Waals surface area contributed by atoms with Gasteiger partial charge in [0.2, 0.25) is 11.0 Å². The van der Waals surface area contributed by atoms with Gasteiger partial charge in [0.15, 0.2) is 5.82 Å². The van der Waals surface area contributed by atoms with Crippen LogP contribution >= 0.6 is 11.8 Å². The minimum Gasteiger partial charge on any atom is -0.338 e. The molecule has 0 amide bonds. The van der Waals surface area contributed by atoms with Gasteiger partial charge in [-0.05, 0) is 41.5 Å². The molecule has 2 aromatic heterocycles. The highest BCUT2D eigenvalue weighted by Crippen LogP contribution is 2.22. The third-order valence-corrected chi connectivity index (χ3v) is 3.90. The first-order chi connectivity index (χ1) is 10.8. The zero-order valence-electron chi connectivity index (χ0n) is 12.4. The maximum atomic E-state index is 5.22. The smallest absolute Gasteiger partial charge is 0.237 e. The van der Waals surface area contributed by atoms with Crippen molar-refractivity contribution in [3.8, 4) is 5.69 Å². The SMILES string of the molecule is CCCc1noc(CSc2nnnn2-c2cccc(C)c2)n1. The van der Waals surface area contributed by atoms with Crippen LogP contribution in [0, 0.1) is 6.92 Å². The fourth-order valence-corrected chi connectivity index (χ4v) is 2.72. The van der Waals surface area contributed by atoms with E-state index in [0.717, 1.165) is 29.9 Å². The van der Waals surface area contributed by atoms with Crippen LogP contribution in [-0.2, 0) is 12.2 Å². The molecule has 0 saturated carbocycles. The highest BCUT2D eigenvalue weighted by molar-refractivity contribution is 7.98. The third-order valence-electron chi connectivity index (χ3n) is 3.00. The van der Waals surface area contributed by atoms with E-state index < -0.39 is 0 Å². The van der Waals surface area contributed by atoms with Gasteiger partial charge in [0, 0.05) is 6.42 Å². The summed E-state index contributed by atoms with van der Waals surface area (Å²) in [5.74, 6) is 1.88. The number of nitrogens with zero attached hydrogens (tertiary/aromatic N) is 6. The Hall–Kier alpha value is -2.22. The highest BCUT2D eigenvalue weighted by atomic mass is 32.2. The van der Waals surface area contributed by atoms with Crippen molar-refractivity contribution < 1.29 is 4.52 Å². The van der Waals surface area contributed by atoms with Crippen LogP contribution < -0.4 is 0 Å². The molecule has 0 aliphatic heterocycles. The summed E-state index contributed by atoms with van der Waals surface area (Å²) in [6.07, 6.45) is 1.83. The molecule has 0 fully saturated rings. The first-order valence-electron chi connectivity index (χ1n) is 7.06. The number of tetrazole rings is 1. The normalized spacial score (nSPS) is 11.0. The number of aromatic nitrogens is 6. The molecular weight excluding hydrogens is 300 g/mol. The lowest BCUT2D eigenvalue weighted by atomic mass is 10.2. The third kappa shape index (κ3) is 3.33. The van der Waals surface area contributed by atoms with Crippen molar-refractivity contribution in [2.24, 2.45) is 0 Å². The van der Waals surface area contributed by atoms with E-state index in [1.165, 1.54) is 11.8 Å². The maximum Gasteiger partial charge on any atom is 0.237 e. The predicted octanol–water partition coefficient (Wildman–Crippen LogP) is 2.60. The molecular formula is C14H16N6OS. The molecule has 0 unspecified atom stereocenters. The van der Waals surface area contributed by atoms with Gasteiger partial charge in [0.05, 0.1) is 11.4 Å². The Bertz CT molecular complexity index is 753. The van der Waals surface area contributed by atoms with Crippen molar-refractivity contribution in [1.82, 2.24) is 30.3 Å². The van der Waals surface area contributed by atoms with Gasteiger partial charge >= 0.3 is 0 Å². The summed E-state index contributed by atoms with van der Waals surface area (Å²) in [5, 5.41) is 16.5. The van der Waals surface area contributed by atoms with Gasteiger partial charge in [-0.15, -0.1) is 5.10 Å². The summed E-state index contributed by atoms with van der Waals surface area (Å²) in [4.78, 5) is 4.34. The second-order valence-corrected chi connectivity index (χ2v) is 5.80. The van der Waals surface area contributed by atoms with Crippen LogP contribution in [0.3, 0.4) is 0 Å². The Balaban J connectivity index is 1.72. The summed E-state index contributed by atoms with van der Waals surface area (Å²) in [6, 6.07) is 8.02. The van der Waals surface area contributed by atoms with Crippen LogP contribution in [0.25, 0.3) is 5.69 Å². The summed E-state index contributed by atoms with van der Waals surface area (Å²) >= 11 is 1.47. The molecule has 0 atom stereocenters. The zero-order chi connectivity index (χ0) is 15.4. The molecule has 0 N–H and O–H groups in total. The molecule has 22 heavy (non-hydrogen) atoms. The van der Waals surface area contributed by atoms with Gasteiger partial charge in [-0.25, -0.2) is 0 Å². The number of hydrogen-bond donors (Lipinski definition) is 0. The van der Waals surface area contributed by atoms with Crippen molar-refractivity contribution in [3.05, 3.63) is 41.5 Å². The number of rotatable bonds is 6. The van der Waals surface area contributed by atoms with Crippen molar-refractivity contribution in [1.29, 1.82) is 0 Å². The molecule has 1 aromatic carbocycles. The Morgan fingerprint density at radius 1 is 1.32 bits per heavy atom. The monoisotopic (exact) mass is 316 g/mol. The van der Waals surface area contributed by atoms with E-state index in [0.29, 0.717) is 16.8 Å². The fourth-order valence-electron chi connectivity index (χ4n) is 1.99. The van der Waals surface area contributed by atoms with Crippen molar-refractivity contribution >= 4 is 11.8 Å². The molecule has 0 spiro atoms. The van der Waals surface area contributed by atoms with E-state index in [4.69, 9.17) is 4.52 Å². The molecule has 3 rings (SSSR count). The maximum absolute atomic E-state index is 5.22. The lowest BCUT2D eigenvalue weighted by Gasteiger charge is -2.03. The minimum atomic E-state index is 0.545. The Morgan fingerprint density at radius 2 is 2.23 bits per heavy atom. The number of thioether (sulfide) groups is 1. The Labute approximate surface area is 132 Å². The van der Waals surface area contributed by atoms with E-state index in [1.807, 2.05) is 31.2 Å². The molecule has 0 aliphatic rings. The zero-order valence-corrected chi connectivity index (χ0v) is 13.2. The predicted molar refractivity (Wildman–Crippen MR) is 81.7 cm³/mol. The fraction of sp³-hybridized carbons (Fsp3) is 0.357. The highest BCUT2D eigenvalue weighted by Gasteiger charge is 2.12. The van der Waals surface area contributed by atoms with Gasteiger partial charge in [-0.2, -0.15) is 9.67 Å². The topological polar surface area (TPSA) is 82.5 Å². The standard InChI is InChI=1S/C14H16N6OS/c1-3-5-12-15-13(21-17-12)9-22-14-16-18-19-20(14)11-7-4-6-10(2)8-11/h4,6-8H,3,5,9H2,1-2H3. The van der Waals surface area contributed by atoms with E-state index >= 15 is 0 Å². The summed E-state index contributed by atoms with van der Waals surface area (Å²) in [6.45, 7) is 4.12. The van der Waals surface area contributed by atoms with Gasteiger partial charge in [-0.1, -0.05) is 36.0 Å². The van der Waals surface area contributed by atoms with Gasteiger partial charge in [-0.3, -0.25) is 0 Å². The van der Waals surface area contributed by atoms with Crippen LogP contribution in [0.4, 0.5) is 0 Å². The van der Waals surface area contributed by atoms with E-state index in [9.17, 15) is 0 Å². The molecule has 3 aromatic rings. The summed E-state index contributed by atoms with van der Waals surface area (Å²) in [7, 11) is 0. The molecule has 8 heteroatoms. The second kappa shape index (κ2) is 6.69. The lowest BCUT2D eigenvalue weighted by molar-refractivity contribution is 0.384. The van der Waals surface area contributed by atoms with E-state index in [1.54, 1.807) is 4.68 Å². The van der Waals surface area contributed by atoms with Crippen LogP contribution in [0.5, 0.6) is 0 Å². The minimum absolute atomic E-state index is 0.545. The molecule has 2 heterocycles.